The number of benzene rings is 5. The molecule has 7 aromatic rings. The van der Waals surface area contributed by atoms with Crippen LogP contribution < -0.4 is 4.57 Å². The molecule has 2 nitrogen and oxygen atoms in total. The van der Waals surface area contributed by atoms with Gasteiger partial charge in [-0.25, -0.2) is 4.57 Å². The molecule has 7 rings (SSSR count). The third-order valence-corrected chi connectivity index (χ3v) is 10.7. The number of thiophene rings is 1. The third kappa shape index (κ3) is 4.31. The van der Waals surface area contributed by atoms with Gasteiger partial charge in [0.1, 0.15) is 5.69 Å². The molecule has 2 heterocycles. The molecule has 0 N–H and O–H groups in total. The molecule has 0 saturated heterocycles. The van der Waals surface area contributed by atoms with Gasteiger partial charge in [-0.2, -0.15) is 4.57 Å². The lowest BCUT2D eigenvalue weighted by atomic mass is 9.81. The molecule has 3 heteroatoms. The number of imidazole rings is 1. The number of nitrogens with zero attached hydrogens (tertiary/aromatic N) is 2. The van der Waals surface area contributed by atoms with E-state index in [9.17, 15) is 0 Å². The zero-order valence-corrected chi connectivity index (χ0v) is 28.4. The van der Waals surface area contributed by atoms with Crippen LogP contribution in [0.15, 0.2) is 84.9 Å². The summed E-state index contributed by atoms with van der Waals surface area (Å²) in [4.78, 5) is 0. The molecule has 0 aliphatic carbocycles. The molecule has 44 heavy (non-hydrogen) atoms. The molecule has 0 fully saturated rings. The predicted molar refractivity (Wildman–Crippen MR) is 192 cm³/mol. The Labute approximate surface area is 265 Å². The zero-order chi connectivity index (χ0) is 31.1. The molecule has 2 aromatic heterocycles. The van der Waals surface area contributed by atoms with Gasteiger partial charge in [0.2, 0.25) is 0 Å². The second-order valence-corrected chi connectivity index (χ2v) is 15.2. The number of aromatic nitrogens is 2. The number of fused-ring (bicyclic) bond motifs is 6. The Morgan fingerprint density at radius 1 is 0.727 bits per heavy atom. The first-order valence-electron chi connectivity index (χ1n) is 16.0. The Hall–Kier alpha value is -3.95. The van der Waals surface area contributed by atoms with Crippen molar-refractivity contribution in [2.24, 2.45) is 7.05 Å². The van der Waals surface area contributed by atoms with E-state index in [-0.39, 0.29) is 5.41 Å². The molecule has 0 amide bonds. The Kier molecular flexibility index (Phi) is 6.75. The third-order valence-electron chi connectivity index (χ3n) is 9.48. The Bertz CT molecular complexity index is 2200. The van der Waals surface area contributed by atoms with E-state index >= 15 is 0 Å². The van der Waals surface area contributed by atoms with Crippen LogP contribution in [-0.4, -0.2) is 4.57 Å². The highest BCUT2D eigenvalue weighted by molar-refractivity contribution is 7.26. The van der Waals surface area contributed by atoms with Gasteiger partial charge in [-0.1, -0.05) is 109 Å². The van der Waals surface area contributed by atoms with Gasteiger partial charge in [0, 0.05) is 32.0 Å². The van der Waals surface area contributed by atoms with Gasteiger partial charge in [0.25, 0.3) is 5.82 Å². The van der Waals surface area contributed by atoms with E-state index in [4.69, 9.17) is 0 Å². The quantitative estimate of drug-likeness (QED) is 0.179. The lowest BCUT2D eigenvalue weighted by molar-refractivity contribution is -0.556. The SMILES string of the molecule is Cc1ccc2c(sc3ccccc32)c1-c1n(C)c2ccc3ccccc3c2[n+]1-c1c(C(C)C)cc(C(C)(C)C)cc1C(C)C. The fraction of sp³-hybridized carbons (Fsp3) is 0.293. The summed E-state index contributed by atoms with van der Waals surface area (Å²) in [5, 5.41) is 5.23. The van der Waals surface area contributed by atoms with Crippen molar-refractivity contribution < 1.29 is 4.57 Å². The Morgan fingerprint density at radius 2 is 1.36 bits per heavy atom. The van der Waals surface area contributed by atoms with Gasteiger partial charge in [0.05, 0.1) is 17.3 Å². The maximum atomic E-state index is 2.65. The average molecular weight is 596 g/mol. The van der Waals surface area contributed by atoms with E-state index in [0.717, 1.165) is 0 Å². The number of aryl methyl sites for hydroxylation is 2. The van der Waals surface area contributed by atoms with Crippen molar-refractivity contribution in [2.45, 2.75) is 72.6 Å². The summed E-state index contributed by atoms with van der Waals surface area (Å²) in [5.74, 6) is 1.96. The summed E-state index contributed by atoms with van der Waals surface area (Å²) in [6.07, 6.45) is 0. The van der Waals surface area contributed by atoms with Crippen LogP contribution in [0.1, 0.15) is 82.6 Å². The van der Waals surface area contributed by atoms with Gasteiger partial charge >= 0.3 is 0 Å². The van der Waals surface area contributed by atoms with Crippen molar-refractivity contribution in [1.29, 1.82) is 0 Å². The minimum atomic E-state index is 0.0595. The number of rotatable bonds is 4. The lowest BCUT2D eigenvalue weighted by Gasteiger charge is -2.26. The highest BCUT2D eigenvalue weighted by Crippen LogP contribution is 2.43. The van der Waals surface area contributed by atoms with Gasteiger partial charge in [-0.3, -0.25) is 0 Å². The van der Waals surface area contributed by atoms with E-state index in [1.54, 1.807) is 0 Å². The molecule has 0 saturated carbocycles. The molecule has 0 radical (unpaired) electrons. The second kappa shape index (κ2) is 10.3. The summed E-state index contributed by atoms with van der Waals surface area (Å²) >= 11 is 1.92. The predicted octanol–water partition coefficient (Wildman–Crippen LogP) is 11.5. The molecule has 0 unspecified atom stereocenters. The van der Waals surface area contributed by atoms with Crippen LogP contribution >= 0.6 is 11.3 Å². The van der Waals surface area contributed by atoms with Crippen LogP contribution in [0, 0.1) is 6.92 Å². The fourth-order valence-electron chi connectivity index (χ4n) is 7.03. The summed E-state index contributed by atoms with van der Waals surface area (Å²) in [6, 6.07) is 32.0. The average Bonchev–Trinajstić information content (AvgIpc) is 3.51. The number of hydrogen-bond acceptors (Lipinski definition) is 1. The Balaban J connectivity index is 1.75. The first-order chi connectivity index (χ1) is 21.0. The van der Waals surface area contributed by atoms with Crippen molar-refractivity contribution in [1.82, 2.24) is 4.57 Å². The molecule has 5 aromatic carbocycles. The first kappa shape index (κ1) is 28.8. The highest BCUT2D eigenvalue weighted by Gasteiger charge is 2.35. The van der Waals surface area contributed by atoms with Crippen molar-refractivity contribution in [3.05, 3.63) is 107 Å². The molecule has 0 aliphatic rings. The van der Waals surface area contributed by atoms with E-state index in [1.165, 1.54) is 81.3 Å². The van der Waals surface area contributed by atoms with Crippen LogP contribution in [0.25, 0.3) is 59.1 Å². The van der Waals surface area contributed by atoms with Gasteiger partial charge < -0.3 is 0 Å². The van der Waals surface area contributed by atoms with Crippen molar-refractivity contribution >= 4 is 53.3 Å². The smallest absolute Gasteiger partial charge is 0.225 e. The van der Waals surface area contributed by atoms with Gasteiger partial charge in [-0.05, 0) is 65.0 Å². The molecular formula is C41H43N2S+. The molecule has 0 spiro atoms. The second-order valence-electron chi connectivity index (χ2n) is 14.2. The van der Waals surface area contributed by atoms with Crippen molar-refractivity contribution in [3.8, 4) is 17.1 Å². The molecule has 222 valence electrons. The maximum Gasteiger partial charge on any atom is 0.296 e. The number of hydrogen-bond donors (Lipinski definition) is 0. The molecule has 0 bridgehead atoms. The molecule has 0 atom stereocenters. The molecular weight excluding hydrogens is 553 g/mol. The fourth-order valence-corrected chi connectivity index (χ4v) is 8.33. The van der Waals surface area contributed by atoms with E-state index in [1.807, 2.05) is 11.3 Å². The largest absolute Gasteiger partial charge is 0.296 e. The van der Waals surface area contributed by atoms with Crippen LogP contribution in [0.2, 0.25) is 0 Å². The lowest BCUT2D eigenvalue weighted by Crippen LogP contribution is -2.37. The van der Waals surface area contributed by atoms with E-state index in [2.05, 4.69) is 157 Å². The zero-order valence-electron chi connectivity index (χ0n) is 27.5. The first-order valence-corrected chi connectivity index (χ1v) is 16.8. The van der Waals surface area contributed by atoms with E-state index in [0.29, 0.717) is 11.8 Å². The van der Waals surface area contributed by atoms with Crippen LogP contribution in [0.5, 0.6) is 0 Å². The standard InChI is InChI=1S/C41H43N2S/c1-24(2)32-22-28(41(6,7)8)23-33(25(3)4)37(32)43-38-29-15-11-10-14-27(29)19-21-34(38)42(9)40(43)36-26(5)18-20-31-30-16-12-13-17-35(30)44-39(31)36/h10-25H,1-9H3/q+1. The van der Waals surface area contributed by atoms with Crippen molar-refractivity contribution in [3.63, 3.8) is 0 Å². The summed E-state index contributed by atoms with van der Waals surface area (Å²) in [5.41, 5.74) is 10.8. The van der Waals surface area contributed by atoms with Crippen LogP contribution in [0.4, 0.5) is 0 Å². The monoisotopic (exact) mass is 595 g/mol. The molecule has 0 aliphatic heterocycles. The summed E-state index contributed by atoms with van der Waals surface area (Å²) < 4.78 is 7.81. The van der Waals surface area contributed by atoms with E-state index < -0.39 is 0 Å². The van der Waals surface area contributed by atoms with Crippen LogP contribution in [-0.2, 0) is 12.5 Å². The minimum absolute atomic E-state index is 0.0595. The topological polar surface area (TPSA) is 8.81 Å². The van der Waals surface area contributed by atoms with Crippen LogP contribution in [0.3, 0.4) is 0 Å². The normalized spacial score (nSPS) is 12.6. The maximum absolute atomic E-state index is 2.65. The van der Waals surface area contributed by atoms with Crippen molar-refractivity contribution in [2.75, 3.05) is 0 Å². The minimum Gasteiger partial charge on any atom is -0.225 e. The Morgan fingerprint density at radius 3 is 2.02 bits per heavy atom. The van der Waals surface area contributed by atoms with Gasteiger partial charge in [-0.15, -0.1) is 11.3 Å². The highest BCUT2D eigenvalue weighted by atomic mass is 32.1. The van der Waals surface area contributed by atoms with Gasteiger partial charge in [0.15, 0.2) is 11.0 Å². The summed E-state index contributed by atoms with van der Waals surface area (Å²) in [6.45, 7) is 18.7. The summed E-state index contributed by atoms with van der Waals surface area (Å²) in [7, 11) is 2.27.